The molecular weight excluding hydrogens is 228 g/mol. The summed E-state index contributed by atoms with van der Waals surface area (Å²) in [5.41, 5.74) is 1.46. The molecule has 1 amide bonds. The van der Waals surface area contributed by atoms with Crippen LogP contribution in [-0.4, -0.2) is 25.2 Å². The molecule has 1 saturated heterocycles. The fourth-order valence-electron chi connectivity index (χ4n) is 2.03. The van der Waals surface area contributed by atoms with E-state index in [9.17, 15) is 4.79 Å². The molecule has 1 aromatic rings. The molecule has 0 bridgehead atoms. The second kappa shape index (κ2) is 6.18. The maximum atomic E-state index is 11.9. The highest BCUT2D eigenvalue weighted by atomic mass is 16.5. The van der Waals surface area contributed by atoms with Crippen LogP contribution < -0.4 is 5.32 Å². The van der Waals surface area contributed by atoms with E-state index in [0.717, 1.165) is 25.0 Å². The minimum atomic E-state index is -0.106. The van der Waals surface area contributed by atoms with Crippen molar-refractivity contribution >= 4 is 5.91 Å². The molecule has 0 spiro atoms. The molecule has 1 aliphatic rings. The number of benzene rings is 1. The van der Waals surface area contributed by atoms with Gasteiger partial charge >= 0.3 is 0 Å². The van der Waals surface area contributed by atoms with Crippen molar-refractivity contribution in [2.75, 3.05) is 13.2 Å². The molecule has 0 aromatic heterocycles. The van der Waals surface area contributed by atoms with E-state index in [0.29, 0.717) is 18.5 Å². The Hall–Kier alpha value is -1.86. The molecule has 94 valence electrons. The summed E-state index contributed by atoms with van der Waals surface area (Å²) in [6.45, 7) is 1.35. The highest BCUT2D eigenvalue weighted by Crippen LogP contribution is 2.11. The zero-order valence-corrected chi connectivity index (χ0v) is 10.2. The lowest BCUT2D eigenvalue weighted by atomic mass is 10.1. The lowest BCUT2D eigenvalue weighted by Crippen LogP contribution is -2.31. The summed E-state index contributed by atoms with van der Waals surface area (Å²) in [7, 11) is 0. The normalized spacial score (nSPS) is 18.3. The van der Waals surface area contributed by atoms with Crippen molar-refractivity contribution in [3.8, 4) is 6.07 Å². The summed E-state index contributed by atoms with van der Waals surface area (Å²) in [4.78, 5) is 11.9. The molecule has 0 radical (unpaired) electrons. The molecule has 1 fully saturated rings. The number of hydrogen-bond donors (Lipinski definition) is 1. The number of hydrogen-bond acceptors (Lipinski definition) is 3. The third-order valence-corrected chi connectivity index (χ3v) is 2.99. The van der Waals surface area contributed by atoms with Gasteiger partial charge in [0.15, 0.2) is 0 Å². The van der Waals surface area contributed by atoms with Gasteiger partial charge in [-0.2, -0.15) is 5.26 Å². The number of carbonyl (C=O) groups excluding carboxylic acids is 1. The highest BCUT2D eigenvalue weighted by Gasteiger charge is 2.16. The molecule has 1 unspecified atom stereocenters. The Labute approximate surface area is 107 Å². The van der Waals surface area contributed by atoms with Crippen LogP contribution in [0.3, 0.4) is 0 Å². The summed E-state index contributed by atoms with van der Waals surface area (Å²) in [5, 5.41) is 11.5. The molecule has 0 saturated carbocycles. The van der Waals surface area contributed by atoms with Crippen molar-refractivity contribution in [1.29, 1.82) is 5.26 Å². The molecule has 1 heterocycles. The third-order valence-electron chi connectivity index (χ3n) is 2.99. The quantitative estimate of drug-likeness (QED) is 0.876. The van der Waals surface area contributed by atoms with Gasteiger partial charge in [0.1, 0.15) is 0 Å². The monoisotopic (exact) mass is 244 g/mol. The zero-order valence-electron chi connectivity index (χ0n) is 10.2. The van der Waals surface area contributed by atoms with Crippen molar-refractivity contribution in [2.45, 2.75) is 25.4 Å². The Morgan fingerprint density at radius 3 is 3.17 bits per heavy atom. The van der Waals surface area contributed by atoms with Crippen LogP contribution in [0.1, 0.15) is 28.8 Å². The van der Waals surface area contributed by atoms with Crippen LogP contribution in [0.25, 0.3) is 0 Å². The summed E-state index contributed by atoms with van der Waals surface area (Å²) in [6, 6.07) is 9.24. The Morgan fingerprint density at radius 2 is 2.44 bits per heavy atom. The first-order valence-corrected chi connectivity index (χ1v) is 6.15. The van der Waals surface area contributed by atoms with E-state index >= 15 is 0 Å². The van der Waals surface area contributed by atoms with Crippen LogP contribution in [0.15, 0.2) is 24.3 Å². The number of carbonyl (C=O) groups is 1. The first-order chi connectivity index (χ1) is 8.79. The number of ether oxygens (including phenoxy) is 1. The van der Waals surface area contributed by atoms with Gasteiger partial charge in [-0.3, -0.25) is 4.79 Å². The van der Waals surface area contributed by atoms with Gasteiger partial charge in [-0.25, -0.2) is 0 Å². The summed E-state index contributed by atoms with van der Waals surface area (Å²) < 4.78 is 5.44. The van der Waals surface area contributed by atoms with Gasteiger partial charge < -0.3 is 10.1 Å². The molecule has 1 N–H and O–H groups in total. The van der Waals surface area contributed by atoms with Gasteiger partial charge in [-0.05, 0) is 30.5 Å². The average molecular weight is 244 g/mol. The van der Waals surface area contributed by atoms with E-state index in [1.165, 1.54) is 0 Å². The van der Waals surface area contributed by atoms with Gasteiger partial charge in [0.2, 0.25) is 0 Å². The lowest BCUT2D eigenvalue weighted by molar-refractivity contribution is 0.0857. The van der Waals surface area contributed by atoms with Crippen molar-refractivity contribution in [3.63, 3.8) is 0 Å². The van der Waals surface area contributed by atoms with Gasteiger partial charge in [-0.15, -0.1) is 0 Å². The number of nitriles is 1. The molecular formula is C14H16N2O2. The maximum absolute atomic E-state index is 11.9. The number of nitrogens with zero attached hydrogens (tertiary/aromatic N) is 1. The molecule has 2 rings (SSSR count). The fraction of sp³-hybridized carbons (Fsp3) is 0.429. The van der Waals surface area contributed by atoms with E-state index in [2.05, 4.69) is 11.4 Å². The Balaban J connectivity index is 1.91. The Bertz CT molecular complexity index is 459. The minimum absolute atomic E-state index is 0.106. The molecule has 1 aliphatic heterocycles. The number of amides is 1. The molecule has 0 aliphatic carbocycles. The van der Waals surface area contributed by atoms with Crippen LogP contribution in [0, 0.1) is 11.3 Å². The van der Waals surface area contributed by atoms with Crippen LogP contribution in [0.2, 0.25) is 0 Å². The zero-order chi connectivity index (χ0) is 12.8. The first kappa shape index (κ1) is 12.6. The van der Waals surface area contributed by atoms with Crippen LogP contribution in [0.4, 0.5) is 0 Å². The topological polar surface area (TPSA) is 62.1 Å². The average Bonchev–Trinajstić information content (AvgIpc) is 2.90. The van der Waals surface area contributed by atoms with Crippen molar-refractivity contribution < 1.29 is 9.53 Å². The van der Waals surface area contributed by atoms with Gasteiger partial charge in [0.05, 0.1) is 18.6 Å². The second-order valence-electron chi connectivity index (χ2n) is 4.38. The predicted molar refractivity (Wildman–Crippen MR) is 67.1 cm³/mol. The second-order valence-corrected chi connectivity index (χ2v) is 4.38. The minimum Gasteiger partial charge on any atom is -0.376 e. The van der Waals surface area contributed by atoms with Gasteiger partial charge in [0, 0.05) is 18.7 Å². The van der Waals surface area contributed by atoms with Crippen molar-refractivity contribution in [2.24, 2.45) is 0 Å². The first-order valence-electron chi connectivity index (χ1n) is 6.15. The van der Waals surface area contributed by atoms with E-state index in [4.69, 9.17) is 10.00 Å². The summed E-state index contributed by atoms with van der Waals surface area (Å²) in [6.07, 6.45) is 2.55. The molecule has 4 heteroatoms. The predicted octanol–water partition coefficient (Wildman–Crippen LogP) is 1.66. The molecule has 1 aromatic carbocycles. The van der Waals surface area contributed by atoms with E-state index in [1.807, 2.05) is 6.07 Å². The fourth-order valence-corrected chi connectivity index (χ4v) is 2.03. The van der Waals surface area contributed by atoms with Crippen molar-refractivity contribution in [3.05, 3.63) is 35.4 Å². The third kappa shape index (κ3) is 3.31. The summed E-state index contributed by atoms with van der Waals surface area (Å²) in [5.74, 6) is -0.106. The highest BCUT2D eigenvalue weighted by molar-refractivity contribution is 5.94. The van der Waals surface area contributed by atoms with Crippen LogP contribution in [-0.2, 0) is 11.2 Å². The number of rotatable bonds is 4. The van der Waals surface area contributed by atoms with Gasteiger partial charge in [0.25, 0.3) is 5.91 Å². The SMILES string of the molecule is N#CCc1cccc(C(=O)NCC2CCCO2)c1. The van der Waals surface area contributed by atoms with Crippen LogP contribution >= 0.6 is 0 Å². The van der Waals surface area contributed by atoms with Gasteiger partial charge in [-0.1, -0.05) is 12.1 Å². The lowest BCUT2D eigenvalue weighted by Gasteiger charge is -2.11. The van der Waals surface area contributed by atoms with Crippen LogP contribution in [0.5, 0.6) is 0 Å². The standard InChI is InChI=1S/C14H16N2O2/c15-7-6-11-3-1-4-12(9-11)14(17)16-10-13-5-2-8-18-13/h1,3-4,9,13H,2,5-6,8,10H2,(H,16,17). The Morgan fingerprint density at radius 1 is 1.56 bits per heavy atom. The molecule has 18 heavy (non-hydrogen) atoms. The number of nitrogens with one attached hydrogen (secondary N) is 1. The molecule has 4 nitrogen and oxygen atoms in total. The van der Waals surface area contributed by atoms with Crippen molar-refractivity contribution in [1.82, 2.24) is 5.32 Å². The Kier molecular flexibility index (Phi) is 4.32. The molecule has 1 atom stereocenters. The smallest absolute Gasteiger partial charge is 0.251 e. The van der Waals surface area contributed by atoms with E-state index in [1.54, 1.807) is 18.2 Å². The summed E-state index contributed by atoms with van der Waals surface area (Å²) >= 11 is 0. The van der Waals surface area contributed by atoms with E-state index < -0.39 is 0 Å². The largest absolute Gasteiger partial charge is 0.376 e. The van der Waals surface area contributed by atoms with E-state index in [-0.39, 0.29) is 12.0 Å². The maximum Gasteiger partial charge on any atom is 0.251 e.